The van der Waals surface area contributed by atoms with Crippen LogP contribution in [-0.2, 0) is 4.74 Å². The van der Waals surface area contributed by atoms with Gasteiger partial charge in [-0.3, -0.25) is 9.89 Å². The third-order valence-corrected chi connectivity index (χ3v) is 6.09. The van der Waals surface area contributed by atoms with E-state index in [2.05, 4.69) is 39.5 Å². The molecular weight excluding hydrogens is 396 g/mol. The maximum Gasteiger partial charge on any atom is 0.254 e. The fourth-order valence-electron chi connectivity index (χ4n) is 3.41. The van der Waals surface area contributed by atoms with Gasteiger partial charge in [-0.1, -0.05) is 18.7 Å². The van der Waals surface area contributed by atoms with E-state index in [-0.39, 0.29) is 5.91 Å². The Balaban J connectivity index is 1.50. The number of hydrogen-bond acceptors (Lipinski definition) is 5. The summed E-state index contributed by atoms with van der Waals surface area (Å²) in [6.07, 6.45) is 1.70. The van der Waals surface area contributed by atoms with Gasteiger partial charge in [0.05, 0.1) is 18.9 Å². The number of amides is 1. The number of thiophene rings is 1. The first-order valence-corrected chi connectivity index (χ1v) is 10.8. The number of hydrogen-bond donors (Lipinski definition) is 1. The van der Waals surface area contributed by atoms with Crippen LogP contribution in [0.5, 0.6) is 0 Å². The highest BCUT2D eigenvalue weighted by Gasteiger charge is 2.19. The van der Waals surface area contributed by atoms with E-state index < -0.39 is 0 Å². The number of aryl methyl sites for hydroxylation is 1. The number of nitrogens with zero attached hydrogens (tertiary/aromatic N) is 3. The maximum atomic E-state index is 12.7. The van der Waals surface area contributed by atoms with Crippen LogP contribution in [0, 0.1) is 13.8 Å². The van der Waals surface area contributed by atoms with Gasteiger partial charge in [0.25, 0.3) is 5.91 Å². The van der Waals surface area contributed by atoms with Crippen LogP contribution < -0.4 is 0 Å². The summed E-state index contributed by atoms with van der Waals surface area (Å²) in [6.45, 7) is 10.6. The number of aromatic amines is 1. The van der Waals surface area contributed by atoms with Crippen LogP contribution in [0.15, 0.2) is 46.6 Å². The molecule has 0 saturated carbocycles. The lowest BCUT2D eigenvalue weighted by Crippen LogP contribution is -2.40. The molecule has 4 rings (SSSR count). The number of carbonyl (C=O) groups is 1. The van der Waals surface area contributed by atoms with Crippen molar-refractivity contribution in [3.8, 4) is 11.3 Å². The molecule has 0 bridgehead atoms. The number of aromatic nitrogens is 2. The van der Waals surface area contributed by atoms with E-state index in [9.17, 15) is 4.79 Å². The minimum atomic E-state index is 0.0174. The molecule has 1 amide bonds. The molecule has 1 saturated heterocycles. The molecule has 0 atom stereocenters. The van der Waals surface area contributed by atoms with Crippen molar-refractivity contribution in [2.45, 2.75) is 13.8 Å². The van der Waals surface area contributed by atoms with Crippen LogP contribution in [-0.4, -0.2) is 53.5 Å². The zero-order chi connectivity index (χ0) is 21.1. The van der Waals surface area contributed by atoms with E-state index in [1.807, 2.05) is 36.1 Å². The SMILES string of the molecule is C=C(C=Nc1n[nH]c(-c2cscc2C)c1C)c1cccc(C(=O)N2CCOCC2)c1. The molecule has 0 aliphatic carbocycles. The predicted octanol–water partition coefficient (Wildman–Crippen LogP) is 4.64. The van der Waals surface area contributed by atoms with Gasteiger partial charge >= 0.3 is 0 Å². The Labute approximate surface area is 179 Å². The Morgan fingerprint density at radius 2 is 2.03 bits per heavy atom. The summed E-state index contributed by atoms with van der Waals surface area (Å²) in [6, 6.07) is 7.50. The molecule has 2 aromatic heterocycles. The number of carbonyl (C=O) groups excluding carboxylic acids is 1. The number of aliphatic imine (C=N–C) groups is 1. The Morgan fingerprint density at radius 3 is 2.77 bits per heavy atom. The minimum absolute atomic E-state index is 0.0174. The van der Waals surface area contributed by atoms with Crippen molar-refractivity contribution < 1.29 is 9.53 Å². The number of ether oxygens (including phenoxy) is 1. The third kappa shape index (κ3) is 4.13. The van der Waals surface area contributed by atoms with Gasteiger partial charge in [0.15, 0.2) is 5.82 Å². The fourth-order valence-corrected chi connectivity index (χ4v) is 4.25. The molecule has 1 fully saturated rings. The summed E-state index contributed by atoms with van der Waals surface area (Å²) in [7, 11) is 0. The largest absolute Gasteiger partial charge is 0.378 e. The first-order chi connectivity index (χ1) is 14.5. The smallest absolute Gasteiger partial charge is 0.254 e. The number of benzene rings is 1. The van der Waals surface area contributed by atoms with E-state index in [4.69, 9.17) is 4.74 Å². The number of nitrogens with one attached hydrogen (secondary N) is 1. The number of morpholine rings is 1. The number of allylic oxidation sites excluding steroid dienone is 1. The minimum Gasteiger partial charge on any atom is -0.378 e. The molecule has 0 unspecified atom stereocenters. The van der Waals surface area contributed by atoms with E-state index in [0.29, 0.717) is 37.7 Å². The average molecular weight is 421 g/mol. The summed E-state index contributed by atoms with van der Waals surface area (Å²) in [5.74, 6) is 0.654. The monoisotopic (exact) mass is 420 g/mol. The first kappa shape index (κ1) is 20.3. The van der Waals surface area contributed by atoms with Gasteiger partial charge in [0.1, 0.15) is 0 Å². The van der Waals surface area contributed by atoms with Gasteiger partial charge in [-0.25, -0.2) is 4.99 Å². The standard InChI is InChI=1S/C23H24N4O2S/c1-15(12-24-22-17(3)21(25-26-22)20-14-30-13-16(20)2)18-5-4-6-19(11-18)23(28)27-7-9-29-10-8-27/h4-6,11-14H,1,7-10H2,2-3H3,(H,25,26). The highest BCUT2D eigenvalue weighted by atomic mass is 32.1. The normalized spacial score (nSPS) is 14.4. The van der Waals surface area contributed by atoms with Crippen LogP contribution in [0.25, 0.3) is 16.8 Å². The molecule has 3 aromatic rings. The van der Waals surface area contributed by atoms with Crippen LogP contribution >= 0.6 is 11.3 Å². The molecule has 3 heterocycles. The quantitative estimate of drug-likeness (QED) is 0.611. The molecule has 0 spiro atoms. The van der Waals surface area contributed by atoms with Crippen molar-refractivity contribution in [3.05, 3.63) is 63.9 Å². The van der Waals surface area contributed by atoms with Crippen molar-refractivity contribution in [2.24, 2.45) is 4.99 Å². The second-order valence-corrected chi connectivity index (χ2v) is 8.03. The molecule has 1 aromatic carbocycles. The van der Waals surface area contributed by atoms with Crippen molar-refractivity contribution in [1.29, 1.82) is 0 Å². The van der Waals surface area contributed by atoms with Crippen LogP contribution in [0.4, 0.5) is 5.82 Å². The summed E-state index contributed by atoms with van der Waals surface area (Å²) < 4.78 is 5.33. The lowest BCUT2D eigenvalue weighted by atomic mass is 10.0. The van der Waals surface area contributed by atoms with Crippen molar-refractivity contribution in [1.82, 2.24) is 15.1 Å². The zero-order valence-electron chi connectivity index (χ0n) is 17.1. The molecule has 1 N–H and O–H groups in total. The van der Waals surface area contributed by atoms with Gasteiger partial charge in [-0.15, -0.1) is 0 Å². The fraction of sp³-hybridized carbons (Fsp3) is 0.261. The summed E-state index contributed by atoms with van der Waals surface area (Å²) in [5.41, 5.74) is 6.59. The second kappa shape index (κ2) is 8.77. The van der Waals surface area contributed by atoms with Crippen molar-refractivity contribution in [3.63, 3.8) is 0 Å². The van der Waals surface area contributed by atoms with Crippen LogP contribution in [0.3, 0.4) is 0 Å². The average Bonchev–Trinajstić information content (AvgIpc) is 3.36. The van der Waals surface area contributed by atoms with Gasteiger partial charge in [0.2, 0.25) is 0 Å². The molecule has 1 aliphatic heterocycles. The van der Waals surface area contributed by atoms with Crippen LogP contribution in [0.2, 0.25) is 0 Å². The second-order valence-electron chi connectivity index (χ2n) is 7.28. The van der Waals surface area contributed by atoms with Crippen molar-refractivity contribution in [2.75, 3.05) is 26.3 Å². The molecule has 6 nitrogen and oxygen atoms in total. The van der Waals surface area contributed by atoms with E-state index in [1.165, 1.54) is 5.56 Å². The van der Waals surface area contributed by atoms with Gasteiger partial charge in [-0.05, 0) is 48.1 Å². The Hall–Kier alpha value is -3.03. The lowest BCUT2D eigenvalue weighted by molar-refractivity contribution is 0.0303. The molecule has 1 aliphatic rings. The zero-order valence-corrected chi connectivity index (χ0v) is 18.0. The third-order valence-electron chi connectivity index (χ3n) is 5.23. The molecular formula is C23H24N4O2S. The summed E-state index contributed by atoms with van der Waals surface area (Å²) in [4.78, 5) is 19.1. The lowest BCUT2D eigenvalue weighted by Gasteiger charge is -2.27. The molecule has 0 radical (unpaired) electrons. The van der Waals surface area contributed by atoms with E-state index in [1.54, 1.807) is 17.6 Å². The Morgan fingerprint density at radius 1 is 1.27 bits per heavy atom. The van der Waals surface area contributed by atoms with Gasteiger partial charge in [-0.2, -0.15) is 16.4 Å². The number of H-pyrrole nitrogens is 1. The Bertz CT molecular complexity index is 1110. The van der Waals surface area contributed by atoms with Gasteiger partial charge in [0, 0.05) is 41.4 Å². The molecule has 154 valence electrons. The number of rotatable bonds is 5. The Kier molecular flexibility index (Phi) is 5.92. The van der Waals surface area contributed by atoms with E-state index >= 15 is 0 Å². The summed E-state index contributed by atoms with van der Waals surface area (Å²) in [5, 5.41) is 11.7. The molecule has 30 heavy (non-hydrogen) atoms. The first-order valence-electron chi connectivity index (χ1n) is 9.83. The topological polar surface area (TPSA) is 70.6 Å². The summed E-state index contributed by atoms with van der Waals surface area (Å²) >= 11 is 1.67. The highest BCUT2D eigenvalue weighted by molar-refractivity contribution is 7.08. The van der Waals surface area contributed by atoms with E-state index in [0.717, 1.165) is 28.0 Å². The molecule has 7 heteroatoms. The van der Waals surface area contributed by atoms with Crippen LogP contribution in [0.1, 0.15) is 27.0 Å². The van der Waals surface area contributed by atoms with Crippen molar-refractivity contribution >= 4 is 34.8 Å². The predicted molar refractivity (Wildman–Crippen MR) is 122 cm³/mol. The highest BCUT2D eigenvalue weighted by Crippen LogP contribution is 2.31. The van der Waals surface area contributed by atoms with Gasteiger partial charge < -0.3 is 9.64 Å². The maximum absolute atomic E-state index is 12.7.